The number of nitrogens with zero attached hydrogens (tertiary/aromatic N) is 4. The maximum atomic E-state index is 12.9. The molecule has 0 aliphatic heterocycles. The highest BCUT2D eigenvalue weighted by Gasteiger charge is 2.52. The number of rotatable bonds is 7. The van der Waals surface area contributed by atoms with Gasteiger partial charge in [0, 0.05) is 32.5 Å². The van der Waals surface area contributed by atoms with Crippen LogP contribution in [0, 0.1) is 10.8 Å². The van der Waals surface area contributed by atoms with E-state index in [9.17, 15) is 27.9 Å². The van der Waals surface area contributed by atoms with Crippen LogP contribution in [0.2, 0.25) is 0 Å². The van der Waals surface area contributed by atoms with Crippen molar-refractivity contribution in [2.75, 3.05) is 11.9 Å². The molecule has 3 saturated carbocycles. The van der Waals surface area contributed by atoms with Crippen LogP contribution in [0.1, 0.15) is 60.3 Å². The molecule has 3 aliphatic carbocycles. The molecule has 3 fully saturated rings. The van der Waals surface area contributed by atoms with E-state index in [1.807, 2.05) is 6.20 Å². The summed E-state index contributed by atoms with van der Waals surface area (Å²) < 4.78 is 40.5. The van der Waals surface area contributed by atoms with Crippen molar-refractivity contribution in [3.05, 3.63) is 47.8 Å². The van der Waals surface area contributed by atoms with Crippen LogP contribution in [0.15, 0.2) is 30.9 Å². The Bertz CT molecular complexity index is 1340. The summed E-state index contributed by atoms with van der Waals surface area (Å²) >= 11 is 0. The summed E-state index contributed by atoms with van der Waals surface area (Å²) in [6, 6.07) is 2.31. The van der Waals surface area contributed by atoms with E-state index in [0.29, 0.717) is 36.8 Å². The Balaban J connectivity index is 1.30. The zero-order valence-electron chi connectivity index (χ0n) is 20.2. The largest absolute Gasteiger partial charge is 0.481 e. The standard InChI is InChI=1S/C25H27F3N6O3/c1-34-12-16(31-13-23-3-6-24(7-4-23,8-5-23)22(36)37)18-20(34)19(33-14-32-18)21(35)30-11-15-2-9-29-17(10-15)25(26,27)28/h2,9-10,12,14,31H,3-8,11,13H2,1H3,(H,30,35)(H,36,37). The minimum Gasteiger partial charge on any atom is -0.481 e. The van der Waals surface area contributed by atoms with E-state index in [2.05, 4.69) is 25.6 Å². The van der Waals surface area contributed by atoms with Gasteiger partial charge in [0.1, 0.15) is 23.1 Å². The maximum Gasteiger partial charge on any atom is 0.433 e. The lowest BCUT2D eigenvalue weighted by Crippen LogP contribution is -2.48. The molecule has 3 aromatic heterocycles. The Morgan fingerprint density at radius 3 is 2.46 bits per heavy atom. The van der Waals surface area contributed by atoms with Gasteiger partial charge in [0.15, 0.2) is 5.69 Å². The number of nitrogens with one attached hydrogen (secondary N) is 2. The number of aliphatic carboxylic acids is 1. The topological polar surface area (TPSA) is 122 Å². The highest BCUT2D eigenvalue weighted by molar-refractivity contribution is 6.06. The summed E-state index contributed by atoms with van der Waals surface area (Å²) in [5.41, 5.74) is 0.635. The van der Waals surface area contributed by atoms with E-state index in [-0.39, 0.29) is 23.2 Å². The lowest BCUT2D eigenvalue weighted by molar-refractivity contribution is -0.158. The number of aromatic nitrogens is 4. The zero-order chi connectivity index (χ0) is 26.4. The number of hydrogen-bond donors (Lipinski definition) is 3. The van der Waals surface area contributed by atoms with Crippen LogP contribution in [0.3, 0.4) is 0 Å². The summed E-state index contributed by atoms with van der Waals surface area (Å²) in [5.74, 6) is -1.22. The number of amides is 1. The minimum absolute atomic E-state index is 0.0341. The van der Waals surface area contributed by atoms with Crippen molar-refractivity contribution in [2.24, 2.45) is 17.9 Å². The Morgan fingerprint density at radius 2 is 1.81 bits per heavy atom. The number of halogens is 3. The molecular formula is C25H27F3N6O3. The van der Waals surface area contributed by atoms with E-state index >= 15 is 0 Å². The van der Waals surface area contributed by atoms with Gasteiger partial charge in [-0.1, -0.05) is 0 Å². The normalized spacial score (nSPS) is 23.2. The predicted molar refractivity (Wildman–Crippen MR) is 128 cm³/mol. The van der Waals surface area contributed by atoms with Gasteiger partial charge in [0.2, 0.25) is 0 Å². The molecule has 0 saturated heterocycles. The van der Waals surface area contributed by atoms with Crippen LogP contribution in [0.5, 0.6) is 0 Å². The van der Waals surface area contributed by atoms with E-state index in [1.54, 1.807) is 11.6 Å². The second-order valence-electron chi connectivity index (χ2n) is 10.2. The molecule has 3 aliphatic rings. The van der Waals surface area contributed by atoms with Gasteiger partial charge in [0.25, 0.3) is 5.91 Å². The van der Waals surface area contributed by atoms with Crippen molar-refractivity contribution in [1.29, 1.82) is 0 Å². The molecule has 3 aromatic rings. The van der Waals surface area contributed by atoms with E-state index in [0.717, 1.165) is 37.2 Å². The smallest absolute Gasteiger partial charge is 0.433 e. The van der Waals surface area contributed by atoms with Gasteiger partial charge in [-0.05, 0) is 61.6 Å². The lowest BCUT2D eigenvalue weighted by Gasteiger charge is -2.51. The van der Waals surface area contributed by atoms with Gasteiger partial charge in [-0.2, -0.15) is 13.2 Å². The van der Waals surface area contributed by atoms with Crippen molar-refractivity contribution < 1.29 is 27.9 Å². The molecule has 12 heteroatoms. The number of anilines is 1. The van der Waals surface area contributed by atoms with Gasteiger partial charge in [-0.15, -0.1) is 0 Å². The Morgan fingerprint density at radius 1 is 1.11 bits per heavy atom. The van der Waals surface area contributed by atoms with Gasteiger partial charge in [-0.25, -0.2) is 9.97 Å². The lowest BCUT2D eigenvalue weighted by atomic mass is 9.53. The highest BCUT2D eigenvalue weighted by atomic mass is 19.4. The zero-order valence-corrected chi connectivity index (χ0v) is 20.2. The minimum atomic E-state index is -4.57. The number of carboxylic acids is 1. The van der Waals surface area contributed by atoms with E-state index in [4.69, 9.17) is 0 Å². The molecule has 1 amide bonds. The number of aryl methyl sites for hydroxylation is 1. The number of pyridine rings is 1. The average molecular weight is 517 g/mol. The fourth-order valence-corrected chi connectivity index (χ4v) is 5.66. The molecular weight excluding hydrogens is 489 g/mol. The predicted octanol–water partition coefficient (Wildman–Crippen LogP) is 4.15. The first kappa shape index (κ1) is 25.0. The average Bonchev–Trinajstić information content (AvgIpc) is 3.22. The quantitative estimate of drug-likeness (QED) is 0.431. The highest BCUT2D eigenvalue weighted by Crippen LogP contribution is 2.57. The summed E-state index contributed by atoms with van der Waals surface area (Å²) in [6.07, 6.45) is 4.23. The first-order chi connectivity index (χ1) is 17.5. The van der Waals surface area contributed by atoms with Crippen LogP contribution >= 0.6 is 0 Å². The third-order valence-electron chi connectivity index (χ3n) is 8.04. The number of fused-ring (bicyclic) bond motifs is 4. The van der Waals surface area contributed by atoms with Gasteiger partial charge in [-0.3, -0.25) is 14.6 Å². The third kappa shape index (κ3) is 4.60. The SMILES string of the molecule is Cn1cc(NCC23CCC(C(=O)O)(CC2)CC3)c2ncnc(C(=O)NCc3ccnc(C(F)(F)F)c3)c21. The number of hydrogen-bond acceptors (Lipinski definition) is 6. The van der Waals surface area contributed by atoms with Crippen LogP contribution in [0.25, 0.3) is 11.0 Å². The van der Waals surface area contributed by atoms with Crippen molar-refractivity contribution in [2.45, 2.75) is 51.2 Å². The second-order valence-corrected chi connectivity index (χ2v) is 10.2. The van der Waals surface area contributed by atoms with Crippen LogP contribution < -0.4 is 10.6 Å². The molecule has 37 heavy (non-hydrogen) atoms. The molecule has 196 valence electrons. The van der Waals surface area contributed by atoms with Crippen molar-refractivity contribution >= 4 is 28.6 Å². The molecule has 0 atom stereocenters. The first-order valence-electron chi connectivity index (χ1n) is 12.1. The maximum absolute atomic E-state index is 12.9. The molecule has 0 spiro atoms. The molecule has 9 nitrogen and oxygen atoms in total. The molecule has 0 unspecified atom stereocenters. The van der Waals surface area contributed by atoms with Crippen LogP contribution in [0.4, 0.5) is 18.9 Å². The molecule has 3 N–H and O–H groups in total. The third-order valence-corrected chi connectivity index (χ3v) is 8.04. The molecule has 2 bridgehead atoms. The van der Waals surface area contributed by atoms with Crippen molar-refractivity contribution in [1.82, 2.24) is 24.8 Å². The van der Waals surface area contributed by atoms with Gasteiger partial charge in [0.05, 0.1) is 11.1 Å². The van der Waals surface area contributed by atoms with Crippen molar-refractivity contribution in [3.63, 3.8) is 0 Å². The fraction of sp³-hybridized carbons (Fsp3) is 0.480. The van der Waals surface area contributed by atoms with Crippen LogP contribution in [-0.4, -0.2) is 43.0 Å². The first-order valence-corrected chi connectivity index (χ1v) is 12.1. The molecule has 0 radical (unpaired) electrons. The van der Waals surface area contributed by atoms with Crippen molar-refractivity contribution in [3.8, 4) is 0 Å². The number of carbonyl (C=O) groups is 2. The Kier molecular flexibility index (Phi) is 6.07. The molecule has 6 rings (SSSR count). The van der Waals surface area contributed by atoms with E-state index < -0.39 is 29.2 Å². The molecule has 3 heterocycles. The Hall–Kier alpha value is -3.70. The monoisotopic (exact) mass is 516 g/mol. The summed E-state index contributed by atoms with van der Waals surface area (Å²) in [7, 11) is 1.77. The number of carboxylic acid groups (broad SMARTS) is 1. The second kappa shape index (κ2) is 9.00. The van der Waals surface area contributed by atoms with E-state index in [1.165, 1.54) is 12.4 Å². The van der Waals surface area contributed by atoms with Gasteiger partial charge < -0.3 is 20.3 Å². The fourth-order valence-electron chi connectivity index (χ4n) is 5.66. The Labute approximate surface area is 210 Å². The van der Waals surface area contributed by atoms with Gasteiger partial charge >= 0.3 is 12.1 Å². The molecule has 0 aromatic carbocycles. The summed E-state index contributed by atoms with van der Waals surface area (Å²) in [6.45, 7) is 0.558. The van der Waals surface area contributed by atoms with Crippen LogP contribution in [-0.2, 0) is 24.6 Å². The summed E-state index contributed by atoms with van der Waals surface area (Å²) in [4.78, 5) is 36.5. The number of carbonyl (C=O) groups excluding carboxylic acids is 1. The summed E-state index contributed by atoms with van der Waals surface area (Å²) in [5, 5.41) is 15.7. The number of alkyl halides is 3.